The van der Waals surface area contributed by atoms with E-state index < -0.39 is 34.6 Å². The Hall–Kier alpha value is -3.35. The first-order chi connectivity index (χ1) is 13.0. The van der Waals surface area contributed by atoms with Crippen molar-refractivity contribution in [2.24, 2.45) is 10.2 Å². The SMILES string of the molecule is Fc1c(F)c(F)c(/C=N/N=C2c3ccccc3-c3ccccc32)c(F)c1F. The minimum Gasteiger partial charge on any atom is -0.203 e. The molecule has 0 bridgehead atoms. The Bertz CT molecular complexity index is 1060. The maximum absolute atomic E-state index is 13.7. The first-order valence-corrected chi connectivity index (χ1v) is 7.82. The molecule has 2 nitrogen and oxygen atoms in total. The highest BCUT2D eigenvalue weighted by Crippen LogP contribution is 2.36. The Labute approximate surface area is 150 Å². The van der Waals surface area contributed by atoms with Crippen LogP contribution in [0.15, 0.2) is 58.7 Å². The summed E-state index contributed by atoms with van der Waals surface area (Å²) in [6, 6.07) is 14.7. The van der Waals surface area contributed by atoms with Gasteiger partial charge < -0.3 is 0 Å². The number of benzene rings is 3. The van der Waals surface area contributed by atoms with E-state index in [2.05, 4.69) is 10.2 Å². The van der Waals surface area contributed by atoms with Gasteiger partial charge in [0.05, 0.1) is 11.8 Å². The van der Waals surface area contributed by atoms with Gasteiger partial charge in [-0.3, -0.25) is 0 Å². The van der Waals surface area contributed by atoms with E-state index >= 15 is 0 Å². The van der Waals surface area contributed by atoms with E-state index in [4.69, 9.17) is 0 Å². The molecule has 134 valence electrons. The van der Waals surface area contributed by atoms with Crippen molar-refractivity contribution in [2.75, 3.05) is 0 Å². The van der Waals surface area contributed by atoms with E-state index in [1.807, 2.05) is 36.4 Å². The van der Waals surface area contributed by atoms with E-state index in [0.29, 0.717) is 11.9 Å². The van der Waals surface area contributed by atoms with E-state index in [0.717, 1.165) is 22.3 Å². The van der Waals surface area contributed by atoms with Gasteiger partial charge in [-0.1, -0.05) is 48.5 Å². The molecule has 0 saturated heterocycles. The van der Waals surface area contributed by atoms with Crippen LogP contribution in [0, 0.1) is 29.1 Å². The zero-order chi connectivity index (χ0) is 19.1. The van der Waals surface area contributed by atoms with Crippen LogP contribution in [0.3, 0.4) is 0 Å². The summed E-state index contributed by atoms with van der Waals surface area (Å²) >= 11 is 0. The van der Waals surface area contributed by atoms with Gasteiger partial charge in [0.25, 0.3) is 0 Å². The molecular weight excluding hydrogens is 363 g/mol. The van der Waals surface area contributed by atoms with E-state index in [-0.39, 0.29) is 0 Å². The summed E-state index contributed by atoms with van der Waals surface area (Å²) in [6.07, 6.45) is 0.521. The molecule has 3 aromatic rings. The lowest BCUT2D eigenvalue weighted by Gasteiger charge is -2.03. The Morgan fingerprint density at radius 2 is 0.963 bits per heavy atom. The van der Waals surface area contributed by atoms with Crippen LogP contribution in [0.2, 0.25) is 0 Å². The molecule has 0 amide bonds. The average molecular weight is 372 g/mol. The van der Waals surface area contributed by atoms with Crippen molar-refractivity contribution >= 4 is 11.9 Å². The second kappa shape index (κ2) is 6.42. The van der Waals surface area contributed by atoms with Crippen molar-refractivity contribution in [3.8, 4) is 11.1 Å². The monoisotopic (exact) mass is 372 g/mol. The van der Waals surface area contributed by atoms with Gasteiger partial charge in [0.2, 0.25) is 5.82 Å². The van der Waals surface area contributed by atoms with Crippen molar-refractivity contribution in [3.63, 3.8) is 0 Å². The highest BCUT2D eigenvalue weighted by atomic mass is 19.2. The standard InChI is InChI=1S/C20H9F5N2/c21-15-14(16(22)18(24)19(25)17(15)23)9-26-27-20-12-7-3-1-5-10(12)11-6-2-4-8-13(11)20/h1-9H/b26-9+. The topological polar surface area (TPSA) is 24.7 Å². The number of halogens is 5. The molecule has 0 radical (unpaired) electrons. The summed E-state index contributed by atoms with van der Waals surface area (Å²) in [5.41, 5.74) is 2.65. The first-order valence-electron chi connectivity index (χ1n) is 7.82. The average Bonchev–Trinajstić information content (AvgIpc) is 3.02. The molecule has 7 heteroatoms. The maximum atomic E-state index is 13.7. The lowest BCUT2D eigenvalue weighted by molar-refractivity contribution is 0.377. The fraction of sp³-hybridized carbons (Fsp3) is 0. The summed E-state index contributed by atoms with van der Waals surface area (Å²) < 4.78 is 67.1. The first kappa shape index (κ1) is 17.1. The second-order valence-corrected chi connectivity index (χ2v) is 5.77. The van der Waals surface area contributed by atoms with Crippen LogP contribution in [-0.2, 0) is 0 Å². The summed E-state index contributed by atoms with van der Waals surface area (Å²) in [5.74, 6) is -10.2. The van der Waals surface area contributed by atoms with Gasteiger partial charge in [0.15, 0.2) is 23.3 Å². The third kappa shape index (κ3) is 2.63. The minimum atomic E-state index is -2.22. The van der Waals surface area contributed by atoms with Crippen LogP contribution in [0.4, 0.5) is 22.0 Å². The van der Waals surface area contributed by atoms with E-state index in [1.54, 1.807) is 12.1 Å². The van der Waals surface area contributed by atoms with Gasteiger partial charge in [-0.05, 0) is 11.1 Å². The van der Waals surface area contributed by atoms with Gasteiger partial charge in [-0.2, -0.15) is 5.10 Å². The minimum absolute atomic E-state index is 0.446. The molecule has 4 rings (SSSR count). The van der Waals surface area contributed by atoms with Gasteiger partial charge in [-0.25, -0.2) is 22.0 Å². The fourth-order valence-electron chi connectivity index (χ4n) is 2.98. The number of nitrogens with zero attached hydrogens (tertiary/aromatic N) is 2. The zero-order valence-electron chi connectivity index (χ0n) is 13.5. The van der Waals surface area contributed by atoms with E-state index in [9.17, 15) is 22.0 Å². The maximum Gasteiger partial charge on any atom is 0.200 e. The molecule has 0 N–H and O–H groups in total. The third-order valence-corrected chi connectivity index (χ3v) is 4.24. The third-order valence-electron chi connectivity index (χ3n) is 4.24. The summed E-state index contributed by atoms with van der Waals surface area (Å²) in [6.45, 7) is 0. The Kier molecular flexibility index (Phi) is 4.07. The molecule has 1 aliphatic rings. The van der Waals surface area contributed by atoms with Crippen molar-refractivity contribution in [2.45, 2.75) is 0 Å². The number of fused-ring (bicyclic) bond motifs is 3. The molecular formula is C20H9F5N2. The molecule has 0 aromatic heterocycles. The van der Waals surface area contributed by atoms with Crippen LogP contribution in [0.1, 0.15) is 16.7 Å². The van der Waals surface area contributed by atoms with Gasteiger partial charge in [0, 0.05) is 11.1 Å². The molecule has 3 aromatic carbocycles. The molecule has 0 aliphatic heterocycles. The van der Waals surface area contributed by atoms with E-state index in [1.165, 1.54) is 0 Å². The van der Waals surface area contributed by atoms with Crippen molar-refractivity contribution in [3.05, 3.63) is 94.3 Å². The van der Waals surface area contributed by atoms with Crippen LogP contribution < -0.4 is 0 Å². The van der Waals surface area contributed by atoms with Gasteiger partial charge in [0.1, 0.15) is 5.71 Å². The lowest BCUT2D eigenvalue weighted by atomic mass is 10.1. The van der Waals surface area contributed by atoms with Gasteiger partial charge >= 0.3 is 0 Å². The van der Waals surface area contributed by atoms with Crippen LogP contribution in [0.5, 0.6) is 0 Å². The fourth-order valence-corrected chi connectivity index (χ4v) is 2.98. The zero-order valence-corrected chi connectivity index (χ0v) is 13.5. The molecule has 1 aliphatic carbocycles. The Morgan fingerprint density at radius 1 is 0.556 bits per heavy atom. The largest absolute Gasteiger partial charge is 0.203 e. The smallest absolute Gasteiger partial charge is 0.200 e. The predicted octanol–water partition coefficient (Wildman–Crippen LogP) is 5.23. The number of hydrogen-bond acceptors (Lipinski definition) is 2. The molecule has 0 unspecified atom stereocenters. The highest BCUT2D eigenvalue weighted by molar-refractivity contribution is 6.24. The molecule has 27 heavy (non-hydrogen) atoms. The summed E-state index contributed by atoms with van der Waals surface area (Å²) in [5, 5.41) is 7.56. The second-order valence-electron chi connectivity index (χ2n) is 5.77. The molecule has 0 saturated carbocycles. The summed E-state index contributed by atoms with van der Waals surface area (Å²) in [7, 11) is 0. The number of hydrogen-bond donors (Lipinski definition) is 0. The Balaban J connectivity index is 1.81. The number of rotatable bonds is 2. The summed E-state index contributed by atoms with van der Waals surface area (Å²) in [4.78, 5) is 0. The Morgan fingerprint density at radius 3 is 1.44 bits per heavy atom. The molecule has 0 heterocycles. The van der Waals surface area contributed by atoms with Crippen LogP contribution in [0.25, 0.3) is 11.1 Å². The van der Waals surface area contributed by atoms with Gasteiger partial charge in [-0.15, -0.1) is 5.10 Å². The van der Waals surface area contributed by atoms with Crippen molar-refractivity contribution < 1.29 is 22.0 Å². The molecule has 0 atom stereocenters. The van der Waals surface area contributed by atoms with Crippen LogP contribution >= 0.6 is 0 Å². The van der Waals surface area contributed by atoms with Crippen molar-refractivity contribution in [1.82, 2.24) is 0 Å². The lowest BCUT2D eigenvalue weighted by Crippen LogP contribution is -2.06. The predicted molar refractivity (Wildman–Crippen MR) is 91.3 cm³/mol. The van der Waals surface area contributed by atoms with Crippen molar-refractivity contribution in [1.29, 1.82) is 0 Å². The quantitative estimate of drug-likeness (QED) is 0.151. The normalized spacial score (nSPS) is 12.4. The molecule has 0 fully saturated rings. The molecule has 0 spiro atoms. The highest BCUT2D eigenvalue weighted by Gasteiger charge is 2.26. The van der Waals surface area contributed by atoms with Crippen LogP contribution in [-0.4, -0.2) is 11.9 Å².